The van der Waals surface area contributed by atoms with Crippen molar-refractivity contribution < 1.29 is 0 Å². The highest BCUT2D eigenvalue weighted by molar-refractivity contribution is 6.15. The van der Waals surface area contributed by atoms with E-state index in [2.05, 4.69) is 216 Å². The van der Waals surface area contributed by atoms with Gasteiger partial charge in [-0.3, -0.25) is 0 Å². The highest BCUT2D eigenvalue weighted by Crippen LogP contribution is 2.55. The van der Waals surface area contributed by atoms with E-state index >= 15 is 0 Å². The highest BCUT2D eigenvalue weighted by atomic mass is 14.4. The third-order valence-electron chi connectivity index (χ3n) is 15.8. The van der Waals surface area contributed by atoms with E-state index in [9.17, 15) is 0 Å². The molecule has 0 bridgehead atoms. The molecule has 10 aromatic carbocycles. The summed E-state index contributed by atoms with van der Waals surface area (Å²) in [4.78, 5) is 0. The van der Waals surface area contributed by atoms with E-state index in [4.69, 9.17) is 0 Å². The lowest BCUT2D eigenvalue weighted by molar-refractivity contribution is 0.594. The van der Waals surface area contributed by atoms with Gasteiger partial charge in [0.1, 0.15) is 0 Å². The maximum absolute atomic E-state index is 2.56. The number of fused-ring (bicyclic) bond motifs is 10. The maximum atomic E-state index is 2.56. The molecule has 306 valence electrons. The lowest BCUT2D eigenvalue weighted by Gasteiger charge is -2.33. The second kappa shape index (κ2) is 13.7. The van der Waals surface area contributed by atoms with Gasteiger partial charge in [-0.2, -0.15) is 0 Å². The van der Waals surface area contributed by atoms with E-state index in [0.29, 0.717) is 5.92 Å². The molecule has 3 aliphatic carbocycles. The quantitative estimate of drug-likeness (QED) is 0.155. The zero-order valence-electron chi connectivity index (χ0n) is 37.1. The summed E-state index contributed by atoms with van der Waals surface area (Å²) in [5.41, 5.74) is 23.7. The summed E-state index contributed by atoms with van der Waals surface area (Å²) < 4.78 is 0. The molecule has 0 fully saturated rings. The first-order chi connectivity index (χ1) is 31.3. The fourth-order valence-electron chi connectivity index (χ4n) is 12.9. The minimum atomic E-state index is -0.0899. The molecule has 0 saturated heterocycles. The number of hydrogen-bond acceptors (Lipinski definition) is 0. The minimum Gasteiger partial charge on any atom is -0.0622 e. The van der Waals surface area contributed by atoms with Gasteiger partial charge in [0, 0.05) is 10.8 Å². The maximum Gasteiger partial charge on any atom is 0.0159 e. The van der Waals surface area contributed by atoms with Gasteiger partial charge in [0.15, 0.2) is 0 Å². The lowest BCUT2D eigenvalue weighted by Crippen LogP contribution is -2.17. The van der Waals surface area contributed by atoms with Crippen LogP contribution in [0.5, 0.6) is 0 Å². The van der Waals surface area contributed by atoms with Crippen LogP contribution >= 0.6 is 0 Å². The third-order valence-corrected chi connectivity index (χ3v) is 15.8. The van der Waals surface area contributed by atoms with Crippen molar-refractivity contribution >= 4 is 32.3 Å². The molecule has 10 aromatic rings. The Balaban J connectivity index is 1.07. The molecular weight excluding hydrogens is 769 g/mol. The molecule has 0 N–H and O–H groups in total. The Bertz CT molecular complexity index is 3520. The topological polar surface area (TPSA) is 0 Å². The fourth-order valence-corrected chi connectivity index (χ4v) is 12.9. The van der Waals surface area contributed by atoms with Crippen LogP contribution in [-0.4, -0.2) is 0 Å². The molecule has 1 atom stereocenters. The SMILES string of the molecule is CC1(C)c2ccccc2-c2ccc(-c3c4c(c(-c5ccc6c(c5)C(C)(C)c5ccccc5-6)c5ccccc35)CC(c3c5ccccc5c(-c5ccccc5)c5ccccc35)CC4)cc21. The average Bonchev–Trinajstić information content (AvgIpc) is 3.71. The van der Waals surface area contributed by atoms with E-state index in [1.807, 2.05) is 0 Å². The van der Waals surface area contributed by atoms with Gasteiger partial charge in [-0.1, -0.05) is 204 Å². The Morgan fingerprint density at radius 3 is 1.27 bits per heavy atom. The molecule has 3 aliphatic rings. The molecule has 0 heteroatoms. The van der Waals surface area contributed by atoms with Gasteiger partial charge in [-0.05, 0) is 164 Å². The van der Waals surface area contributed by atoms with Gasteiger partial charge in [0.25, 0.3) is 0 Å². The molecular formula is C64H50. The Morgan fingerprint density at radius 2 is 0.750 bits per heavy atom. The summed E-state index contributed by atoms with van der Waals surface area (Å²) in [7, 11) is 0. The molecule has 1 unspecified atom stereocenters. The van der Waals surface area contributed by atoms with Crippen molar-refractivity contribution in [1.29, 1.82) is 0 Å². The molecule has 0 aliphatic heterocycles. The van der Waals surface area contributed by atoms with Crippen LogP contribution in [-0.2, 0) is 23.7 Å². The van der Waals surface area contributed by atoms with Crippen molar-refractivity contribution in [2.75, 3.05) is 0 Å². The van der Waals surface area contributed by atoms with Crippen LogP contribution in [0.1, 0.15) is 79.0 Å². The van der Waals surface area contributed by atoms with E-state index in [1.54, 1.807) is 0 Å². The Kier molecular flexibility index (Phi) is 8.06. The first kappa shape index (κ1) is 37.5. The molecule has 13 rings (SSSR count). The van der Waals surface area contributed by atoms with E-state index in [1.165, 1.54) is 127 Å². The summed E-state index contributed by atoms with van der Waals surface area (Å²) in [6, 6.07) is 71.8. The van der Waals surface area contributed by atoms with Crippen LogP contribution in [0.3, 0.4) is 0 Å². The van der Waals surface area contributed by atoms with Gasteiger partial charge in [0.2, 0.25) is 0 Å². The Labute approximate surface area is 376 Å². The van der Waals surface area contributed by atoms with Crippen molar-refractivity contribution in [3.05, 3.63) is 227 Å². The second-order valence-electron chi connectivity index (χ2n) is 19.8. The van der Waals surface area contributed by atoms with Crippen LogP contribution in [0.25, 0.3) is 88.0 Å². The molecule has 0 heterocycles. The molecule has 0 amide bonds. The normalized spacial score (nSPS) is 16.3. The zero-order valence-corrected chi connectivity index (χ0v) is 37.1. The summed E-state index contributed by atoms with van der Waals surface area (Å²) in [5, 5.41) is 8.16. The number of benzene rings is 10. The molecule has 0 nitrogen and oxygen atoms in total. The first-order valence-electron chi connectivity index (χ1n) is 23.3. The minimum absolute atomic E-state index is 0.0777. The monoisotopic (exact) mass is 818 g/mol. The highest BCUT2D eigenvalue weighted by Gasteiger charge is 2.38. The predicted molar refractivity (Wildman–Crippen MR) is 272 cm³/mol. The van der Waals surface area contributed by atoms with Gasteiger partial charge in [-0.25, -0.2) is 0 Å². The van der Waals surface area contributed by atoms with Crippen LogP contribution in [0.15, 0.2) is 188 Å². The van der Waals surface area contributed by atoms with Crippen LogP contribution < -0.4 is 0 Å². The molecule has 0 aromatic heterocycles. The third kappa shape index (κ3) is 5.23. The number of rotatable bonds is 4. The molecule has 0 saturated carbocycles. The van der Waals surface area contributed by atoms with E-state index < -0.39 is 0 Å². The van der Waals surface area contributed by atoms with Crippen molar-refractivity contribution in [3.63, 3.8) is 0 Å². The van der Waals surface area contributed by atoms with Crippen LogP contribution in [0, 0.1) is 0 Å². The summed E-state index contributed by atoms with van der Waals surface area (Å²) >= 11 is 0. The van der Waals surface area contributed by atoms with Gasteiger partial charge < -0.3 is 0 Å². The van der Waals surface area contributed by atoms with Gasteiger partial charge in [-0.15, -0.1) is 0 Å². The Hall–Kier alpha value is -7.02. The smallest absolute Gasteiger partial charge is 0.0159 e. The standard InChI is InChI=1S/C64H50/c1-63(2)55-28-16-14-20-43(55)45-33-30-41(37-57(45)63)61-51-26-12-13-27-52(51)62(42-31-34-46-44-21-15-17-29-56(44)64(3,4)58(46)38-42)54-36-40(32-35-53(54)61)60-49-24-10-8-22-47(49)59(39-18-6-5-7-19-39)48-23-9-11-25-50(48)60/h5-31,33-34,37-38,40H,32,35-36H2,1-4H3. The van der Waals surface area contributed by atoms with Crippen molar-refractivity contribution in [2.45, 2.75) is 63.7 Å². The Morgan fingerprint density at radius 1 is 0.344 bits per heavy atom. The van der Waals surface area contributed by atoms with E-state index in [0.717, 1.165) is 19.3 Å². The summed E-state index contributed by atoms with van der Waals surface area (Å²) in [5.74, 6) is 0.337. The zero-order chi connectivity index (χ0) is 42.9. The number of hydrogen-bond donors (Lipinski definition) is 0. The molecule has 0 spiro atoms. The lowest BCUT2D eigenvalue weighted by atomic mass is 9.70. The molecule has 64 heavy (non-hydrogen) atoms. The van der Waals surface area contributed by atoms with Crippen LogP contribution in [0.4, 0.5) is 0 Å². The molecule has 0 radical (unpaired) electrons. The first-order valence-corrected chi connectivity index (χ1v) is 23.3. The van der Waals surface area contributed by atoms with Gasteiger partial charge >= 0.3 is 0 Å². The van der Waals surface area contributed by atoms with E-state index in [-0.39, 0.29) is 10.8 Å². The van der Waals surface area contributed by atoms with Crippen LogP contribution in [0.2, 0.25) is 0 Å². The summed E-state index contributed by atoms with van der Waals surface area (Å²) in [6.45, 7) is 9.65. The van der Waals surface area contributed by atoms with Gasteiger partial charge in [0.05, 0.1) is 0 Å². The fraction of sp³-hybridized carbons (Fsp3) is 0.156. The van der Waals surface area contributed by atoms with Crippen molar-refractivity contribution in [3.8, 4) is 55.6 Å². The largest absolute Gasteiger partial charge is 0.0622 e. The van der Waals surface area contributed by atoms with Crippen molar-refractivity contribution in [1.82, 2.24) is 0 Å². The van der Waals surface area contributed by atoms with Crippen molar-refractivity contribution in [2.24, 2.45) is 0 Å². The second-order valence-corrected chi connectivity index (χ2v) is 19.8. The summed E-state index contributed by atoms with van der Waals surface area (Å²) in [6.07, 6.45) is 3.08. The predicted octanol–water partition coefficient (Wildman–Crippen LogP) is 17.0. The average molecular weight is 819 g/mol.